The zero-order valence-electron chi connectivity index (χ0n) is 13.2. The van der Waals surface area contributed by atoms with Gasteiger partial charge in [-0.15, -0.1) is 0 Å². The molecule has 0 unspecified atom stereocenters. The van der Waals surface area contributed by atoms with Crippen molar-refractivity contribution in [2.45, 2.75) is 13.3 Å². The number of rotatable bonds is 2. The highest BCUT2D eigenvalue weighted by atomic mass is 31.2. The number of aromatic nitrogens is 1. The Kier molecular flexibility index (Phi) is 8.45. The van der Waals surface area contributed by atoms with Crippen molar-refractivity contribution in [3.63, 3.8) is 0 Å². The van der Waals surface area contributed by atoms with Gasteiger partial charge in [-0.1, -0.05) is 6.07 Å². The van der Waals surface area contributed by atoms with Crippen LogP contribution in [-0.2, 0) is 18.0 Å². The third kappa shape index (κ3) is 7.44. The number of aryl methyl sites for hydroxylation is 1. The fraction of sp³-hybridized carbons (Fsp3) is 0.308. The van der Waals surface area contributed by atoms with Gasteiger partial charge in [0.1, 0.15) is 5.75 Å². The highest BCUT2D eigenvalue weighted by molar-refractivity contribution is 7.45. The number of carbonyl (C=O) groups is 1. The molecule has 0 spiro atoms. The first-order valence-electron chi connectivity index (χ1n) is 6.62. The molecule has 2 aromatic rings. The molecule has 1 aromatic carbocycles. The smallest absolute Gasteiger partial charge is 0.466 e. The average molecular weight is 363 g/mol. The zero-order chi connectivity index (χ0) is 19.1. The highest BCUT2D eigenvalue weighted by Gasteiger charge is 2.13. The summed E-state index contributed by atoms with van der Waals surface area (Å²) in [5.74, 6) is 0.347. The summed E-state index contributed by atoms with van der Waals surface area (Å²) in [5, 5.41) is 18.0. The van der Waals surface area contributed by atoms with E-state index in [2.05, 4.69) is 17.2 Å². The predicted molar refractivity (Wildman–Crippen MR) is 88.6 cm³/mol. The first kappa shape index (κ1) is 21.9. The van der Waals surface area contributed by atoms with Gasteiger partial charge in [0.05, 0.1) is 5.52 Å². The van der Waals surface area contributed by atoms with E-state index in [0.29, 0.717) is 12.3 Å². The number of hydrogen-bond acceptors (Lipinski definition) is 4. The van der Waals surface area contributed by atoms with Crippen molar-refractivity contribution < 1.29 is 34.3 Å². The van der Waals surface area contributed by atoms with Crippen LogP contribution in [0, 0.1) is 6.92 Å². The molecule has 0 aliphatic carbocycles. The maximum atomic E-state index is 9.86. The molecule has 1 amide bonds. The summed E-state index contributed by atoms with van der Waals surface area (Å²) in [6.45, 7) is 2.67. The summed E-state index contributed by atoms with van der Waals surface area (Å²) < 4.78 is 11.0. The Hall–Kier alpha value is -2.10. The number of nitrogens with two attached hydrogens (primary N) is 2. The Labute approximate surface area is 138 Å². The molecule has 9 N–H and O–H groups in total. The van der Waals surface area contributed by atoms with E-state index >= 15 is 0 Å². The molecule has 1 aromatic heterocycles. The van der Waals surface area contributed by atoms with Gasteiger partial charge in [0.15, 0.2) is 0 Å². The number of benzene rings is 1. The van der Waals surface area contributed by atoms with Crippen molar-refractivity contribution in [2.24, 2.45) is 18.5 Å². The molecule has 0 bridgehead atoms. The molecule has 0 aliphatic heterocycles. The SMILES string of the molecule is Cc1c(CCN)c2c(O)cccc2n1C.NC(=O)O.O=P(O)(O)O. The standard InChI is InChI=1S/C12H16N2O.CH3NO2.H3O4P/c1-8-9(6-7-13)12-10(14(8)2)4-3-5-11(12)15;2-1(3)4;1-5(2,3)4/h3-5,15H,6-7,13H2,1-2H3;2H2,(H,3,4);(H3,1,2,3,4). The molecular formula is C13H22N3O7P. The Balaban J connectivity index is 0.000000492. The van der Waals surface area contributed by atoms with Crippen LogP contribution in [0.5, 0.6) is 5.75 Å². The molecule has 0 saturated carbocycles. The van der Waals surface area contributed by atoms with Gasteiger partial charge in [0, 0.05) is 18.1 Å². The normalized spacial score (nSPS) is 10.4. The summed E-state index contributed by atoms with van der Waals surface area (Å²) in [6.07, 6.45) is -0.527. The Morgan fingerprint density at radius 3 is 2.17 bits per heavy atom. The van der Waals surface area contributed by atoms with Crippen LogP contribution in [0.25, 0.3) is 10.9 Å². The zero-order valence-corrected chi connectivity index (χ0v) is 14.1. The van der Waals surface area contributed by atoms with E-state index < -0.39 is 13.9 Å². The second-order valence-electron chi connectivity index (χ2n) is 4.68. The summed E-state index contributed by atoms with van der Waals surface area (Å²) in [4.78, 5) is 30.3. The topological polar surface area (TPSA) is 192 Å². The average Bonchev–Trinajstić information content (AvgIpc) is 2.63. The minimum absolute atomic E-state index is 0.347. The fourth-order valence-corrected chi connectivity index (χ4v) is 2.13. The Morgan fingerprint density at radius 1 is 1.29 bits per heavy atom. The quantitative estimate of drug-likeness (QED) is 0.372. The second kappa shape index (κ2) is 9.26. The molecule has 10 nitrogen and oxygen atoms in total. The van der Waals surface area contributed by atoms with Crippen LogP contribution in [0.4, 0.5) is 4.79 Å². The maximum Gasteiger partial charge on any atom is 0.466 e. The van der Waals surface area contributed by atoms with Gasteiger partial charge in [-0.2, -0.15) is 0 Å². The van der Waals surface area contributed by atoms with Crippen LogP contribution in [0.3, 0.4) is 0 Å². The molecule has 136 valence electrons. The molecule has 0 aliphatic rings. The first-order valence-corrected chi connectivity index (χ1v) is 8.19. The second-order valence-corrected chi connectivity index (χ2v) is 5.71. The summed E-state index contributed by atoms with van der Waals surface area (Å²) in [6, 6.07) is 5.60. The lowest BCUT2D eigenvalue weighted by Gasteiger charge is -2.00. The summed E-state index contributed by atoms with van der Waals surface area (Å²) in [5.41, 5.74) is 13.0. The van der Waals surface area contributed by atoms with Gasteiger partial charge >= 0.3 is 13.9 Å². The molecule has 11 heteroatoms. The number of phosphoric acid groups is 1. The minimum atomic E-state index is -4.64. The van der Waals surface area contributed by atoms with Crippen LogP contribution < -0.4 is 11.5 Å². The molecule has 1 heterocycles. The number of aromatic hydroxyl groups is 1. The Bertz CT molecular complexity index is 726. The molecule has 0 saturated heterocycles. The van der Waals surface area contributed by atoms with E-state index in [1.165, 1.54) is 5.69 Å². The third-order valence-corrected chi connectivity index (χ3v) is 3.02. The molecule has 0 atom stereocenters. The van der Waals surface area contributed by atoms with Crippen molar-refractivity contribution >= 4 is 24.8 Å². The number of amides is 1. The van der Waals surface area contributed by atoms with Crippen LogP contribution in [0.1, 0.15) is 11.3 Å². The number of carboxylic acid groups (broad SMARTS) is 1. The van der Waals surface area contributed by atoms with Crippen molar-refractivity contribution in [1.29, 1.82) is 0 Å². The number of hydrogen-bond donors (Lipinski definition) is 7. The van der Waals surface area contributed by atoms with E-state index in [1.54, 1.807) is 6.07 Å². The minimum Gasteiger partial charge on any atom is -0.507 e. The number of phenols is 1. The van der Waals surface area contributed by atoms with Gasteiger partial charge in [-0.05, 0) is 37.6 Å². The van der Waals surface area contributed by atoms with Crippen molar-refractivity contribution in [2.75, 3.05) is 6.54 Å². The van der Waals surface area contributed by atoms with E-state index in [4.69, 9.17) is 34.9 Å². The summed E-state index contributed by atoms with van der Waals surface area (Å²) >= 11 is 0. The first-order chi connectivity index (χ1) is 10.9. The third-order valence-electron chi connectivity index (χ3n) is 3.02. The van der Waals surface area contributed by atoms with Gasteiger partial charge in [-0.25, -0.2) is 9.36 Å². The van der Waals surface area contributed by atoms with E-state index in [-0.39, 0.29) is 0 Å². The fourth-order valence-electron chi connectivity index (χ4n) is 2.13. The molecule has 2 rings (SSSR count). The number of phenolic OH excluding ortho intramolecular Hbond substituents is 1. The van der Waals surface area contributed by atoms with Gasteiger partial charge in [0.25, 0.3) is 0 Å². The molecule has 0 radical (unpaired) electrons. The van der Waals surface area contributed by atoms with E-state index in [0.717, 1.165) is 22.9 Å². The van der Waals surface area contributed by atoms with Gasteiger partial charge in [0.2, 0.25) is 0 Å². The van der Waals surface area contributed by atoms with Crippen LogP contribution >= 0.6 is 7.82 Å². The van der Waals surface area contributed by atoms with Crippen LogP contribution in [0.2, 0.25) is 0 Å². The lowest BCUT2D eigenvalue weighted by molar-refractivity contribution is 0.205. The number of nitrogens with zero attached hydrogens (tertiary/aromatic N) is 1. The molecular weight excluding hydrogens is 341 g/mol. The number of primary amides is 1. The monoisotopic (exact) mass is 363 g/mol. The maximum absolute atomic E-state index is 9.86. The largest absolute Gasteiger partial charge is 0.507 e. The van der Waals surface area contributed by atoms with Crippen molar-refractivity contribution in [1.82, 2.24) is 4.57 Å². The molecule has 24 heavy (non-hydrogen) atoms. The van der Waals surface area contributed by atoms with Crippen molar-refractivity contribution in [3.05, 3.63) is 29.5 Å². The highest BCUT2D eigenvalue weighted by Crippen LogP contribution is 2.32. The van der Waals surface area contributed by atoms with E-state index in [1.807, 2.05) is 19.2 Å². The number of fused-ring (bicyclic) bond motifs is 1. The van der Waals surface area contributed by atoms with Gasteiger partial charge < -0.3 is 40.9 Å². The van der Waals surface area contributed by atoms with Crippen LogP contribution in [0.15, 0.2) is 18.2 Å². The van der Waals surface area contributed by atoms with E-state index in [9.17, 15) is 5.11 Å². The predicted octanol–water partition coefficient (Wildman–Crippen LogP) is 0.388. The van der Waals surface area contributed by atoms with Crippen molar-refractivity contribution in [3.8, 4) is 5.75 Å². The van der Waals surface area contributed by atoms with Gasteiger partial charge in [-0.3, -0.25) is 0 Å². The summed E-state index contributed by atoms with van der Waals surface area (Å²) in [7, 11) is -2.63. The lowest BCUT2D eigenvalue weighted by Crippen LogP contribution is -2.04. The lowest BCUT2D eigenvalue weighted by atomic mass is 10.1. The molecule has 0 fully saturated rings. The Morgan fingerprint density at radius 2 is 1.75 bits per heavy atom. The van der Waals surface area contributed by atoms with Crippen LogP contribution in [-0.4, -0.2) is 42.1 Å².